The van der Waals surface area contributed by atoms with Crippen molar-refractivity contribution in [3.8, 4) is 0 Å². The summed E-state index contributed by atoms with van der Waals surface area (Å²) in [6.45, 7) is 4.43. The monoisotopic (exact) mass is 217 g/mol. The Kier molecular flexibility index (Phi) is 2.90. The van der Waals surface area contributed by atoms with Crippen molar-refractivity contribution in [1.82, 2.24) is 5.01 Å². The first-order valence-corrected chi connectivity index (χ1v) is 5.22. The van der Waals surface area contributed by atoms with E-state index >= 15 is 0 Å². The summed E-state index contributed by atoms with van der Waals surface area (Å²) in [5, 5.41) is 10.1. The molecule has 0 N–H and O–H groups in total. The summed E-state index contributed by atoms with van der Waals surface area (Å²) in [5.41, 5.74) is 3.21. The van der Waals surface area contributed by atoms with Gasteiger partial charge >= 0.3 is 0 Å². The van der Waals surface area contributed by atoms with E-state index in [1.54, 1.807) is 5.01 Å². The van der Waals surface area contributed by atoms with Crippen LogP contribution in [0.1, 0.15) is 25.0 Å². The molecule has 4 heteroatoms. The highest BCUT2D eigenvalue weighted by atomic mass is 16.6. The number of hydrazone groups is 1. The molecule has 0 aromatic heterocycles. The number of rotatable bonds is 1. The lowest BCUT2D eigenvalue weighted by atomic mass is 10.1. The molecule has 1 aromatic carbocycles. The first-order chi connectivity index (χ1) is 7.68. The lowest BCUT2D eigenvalue weighted by molar-refractivity contribution is 0.121. The van der Waals surface area contributed by atoms with E-state index in [1.165, 1.54) is 0 Å². The fourth-order valence-electron chi connectivity index (χ4n) is 1.66. The summed E-state index contributed by atoms with van der Waals surface area (Å²) in [5.74, 6) is 0.753. The molecule has 0 aliphatic carbocycles. The van der Waals surface area contributed by atoms with E-state index in [4.69, 9.17) is 4.84 Å². The minimum Gasteiger partial charge on any atom is -0.389 e. The van der Waals surface area contributed by atoms with Gasteiger partial charge in [0.25, 0.3) is 0 Å². The predicted molar refractivity (Wildman–Crippen MR) is 64.3 cm³/mol. The van der Waals surface area contributed by atoms with Crippen LogP contribution in [0.2, 0.25) is 0 Å². The Morgan fingerprint density at radius 3 is 2.88 bits per heavy atom. The molecule has 1 aliphatic rings. The van der Waals surface area contributed by atoms with E-state index in [9.17, 15) is 0 Å². The molecule has 0 radical (unpaired) electrons. The normalized spacial score (nSPS) is 13.3. The highest BCUT2D eigenvalue weighted by molar-refractivity contribution is 6.00. The Bertz CT molecular complexity index is 447. The second kappa shape index (κ2) is 4.35. The molecule has 1 aliphatic heterocycles. The third-order valence-corrected chi connectivity index (χ3v) is 2.29. The fourth-order valence-corrected chi connectivity index (χ4v) is 1.66. The first-order valence-electron chi connectivity index (χ1n) is 5.22. The summed E-state index contributed by atoms with van der Waals surface area (Å²) in [6.07, 6.45) is 0. The highest BCUT2D eigenvalue weighted by Gasteiger charge is 2.18. The van der Waals surface area contributed by atoms with Crippen molar-refractivity contribution in [2.75, 3.05) is 7.05 Å². The van der Waals surface area contributed by atoms with Gasteiger partial charge in [-0.2, -0.15) is 5.10 Å². The highest BCUT2D eigenvalue weighted by Crippen LogP contribution is 2.18. The fraction of sp³-hybridized carbons (Fsp3) is 0.333. The molecular formula is C12H15N3O. The van der Waals surface area contributed by atoms with Gasteiger partial charge in [-0.05, 0) is 13.8 Å². The van der Waals surface area contributed by atoms with E-state index < -0.39 is 0 Å². The zero-order chi connectivity index (χ0) is 11.5. The van der Waals surface area contributed by atoms with Crippen LogP contribution in [0.5, 0.6) is 0 Å². The average Bonchev–Trinajstić information content (AvgIpc) is 2.27. The number of hydrogen-bond donors (Lipinski definition) is 0. The summed E-state index contributed by atoms with van der Waals surface area (Å²) in [4.78, 5) is 5.19. The first kappa shape index (κ1) is 10.7. The van der Waals surface area contributed by atoms with Crippen LogP contribution in [0.3, 0.4) is 0 Å². The molecule has 16 heavy (non-hydrogen) atoms. The average molecular weight is 217 g/mol. The molecule has 0 saturated heterocycles. The maximum Gasteiger partial charge on any atom is 0.195 e. The van der Waals surface area contributed by atoms with Crippen LogP contribution >= 0.6 is 0 Å². The van der Waals surface area contributed by atoms with Gasteiger partial charge < -0.3 is 4.84 Å². The lowest BCUT2D eigenvalue weighted by Gasteiger charge is -2.21. The Balaban J connectivity index is 2.36. The molecule has 0 saturated carbocycles. The lowest BCUT2D eigenvalue weighted by Crippen LogP contribution is -2.27. The minimum absolute atomic E-state index is 0.530. The van der Waals surface area contributed by atoms with Gasteiger partial charge in [-0.3, -0.25) is 0 Å². The number of fused-ring (bicyclic) bond motifs is 1. The molecule has 0 spiro atoms. The standard InChI is InChI=1S/C12H15N3O/c1-9(2)13-15(3)12-11-7-5-4-6-10(11)8-16-14-12/h4-7H,8H2,1-3H3. The van der Waals surface area contributed by atoms with Crippen LogP contribution < -0.4 is 0 Å². The van der Waals surface area contributed by atoms with Gasteiger partial charge in [0.2, 0.25) is 0 Å². The molecular weight excluding hydrogens is 202 g/mol. The molecule has 84 valence electrons. The zero-order valence-electron chi connectivity index (χ0n) is 9.77. The molecule has 0 amide bonds. The summed E-state index contributed by atoms with van der Waals surface area (Å²) in [7, 11) is 1.87. The molecule has 4 nitrogen and oxygen atoms in total. The van der Waals surface area contributed by atoms with Crippen molar-refractivity contribution < 1.29 is 4.84 Å². The van der Waals surface area contributed by atoms with E-state index in [-0.39, 0.29) is 0 Å². The van der Waals surface area contributed by atoms with Gasteiger partial charge in [0.05, 0.1) is 0 Å². The van der Waals surface area contributed by atoms with Gasteiger partial charge in [0.15, 0.2) is 5.84 Å². The van der Waals surface area contributed by atoms with Crippen LogP contribution in [0.15, 0.2) is 34.5 Å². The molecule has 0 bridgehead atoms. The van der Waals surface area contributed by atoms with E-state index in [0.29, 0.717) is 6.61 Å². The third kappa shape index (κ3) is 2.05. The largest absolute Gasteiger partial charge is 0.389 e. The van der Waals surface area contributed by atoms with Gasteiger partial charge in [0.1, 0.15) is 6.61 Å². The Morgan fingerprint density at radius 2 is 2.12 bits per heavy atom. The Hall–Kier alpha value is -1.84. The van der Waals surface area contributed by atoms with E-state index in [0.717, 1.165) is 22.7 Å². The number of nitrogens with zero attached hydrogens (tertiary/aromatic N) is 3. The minimum atomic E-state index is 0.530. The summed E-state index contributed by atoms with van der Waals surface area (Å²) >= 11 is 0. The van der Waals surface area contributed by atoms with Crippen molar-refractivity contribution in [1.29, 1.82) is 0 Å². The van der Waals surface area contributed by atoms with Gasteiger partial charge in [-0.1, -0.05) is 29.4 Å². The molecule has 2 rings (SSSR count). The third-order valence-electron chi connectivity index (χ3n) is 2.29. The number of benzene rings is 1. The maximum atomic E-state index is 5.19. The topological polar surface area (TPSA) is 37.2 Å². The van der Waals surface area contributed by atoms with Crippen molar-refractivity contribution in [2.45, 2.75) is 20.5 Å². The smallest absolute Gasteiger partial charge is 0.195 e. The van der Waals surface area contributed by atoms with E-state index in [1.807, 2.05) is 45.2 Å². The van der Waals surface area contributed by atoms with E-state index in [2.05, 4.69) is 10.3 Å². The maximum absolute atomic E-state index is 5.19. The summed E-state index contributed by atoms with van der Waals surface area (Å²) in [6, 6.07) is 8.07. The molecule has 0 fully saturated rings. The SMILES string of the molecule is CC(C)=NN(C)C1=NOCc2ccccc21. The van der Waals surface area contributed by atoms with Crippen molar-refractivity contribution >= 4 is 11.5 Å². The zero-order valence-corrected chi connectivity index (χ0v) is 9.77. The summed E-state index contributed by atoms with van der Waals surface area (Å²) < 4.78 is 0. The molecule has 1 aromatic rings. The number of hydrogen-bond acceptors (Lipinski definition) is 4. The van der Waals surface area contributed by atoms with Crippen molar-refractivity contribution in [3.63, 3.8) is 0 Å². The number of amidine groups is 1. The predicted octanol–water partition coefficient (Wildman–Crippen LogP) is 2.21. The van der Waals surface area contributed by atoms with Crippen LogP contribution in [-0.2, 0) is 11.4 Å². The second-order valence-corrected chi connectivity index (χ2v) is 3.92. The van der Waals surface area contributed by atoms with Crippen LogP contribution in [0.25, 0.3) is 0 Å². The molecule has 1 heterocycles. The van der Waals surface area contributed by atoms with Gasteiger partial charge in [-0.15, -0.1) is 0 Å². The van der Waals surface area contributed by atoms with Gasteiger partial charge in [-0.25, -0.2) is 5.01 Å². The molecule has 0 atom stereocenters. The quantitative estimate of drug-likeness (QED) is 0.534. The van der Waals surface area contributed by atoms with Crippen LogP contribution in [0, 0.1) is 0 Å². The Morgan fingerprint density at radius 1 is 1.38 bits per heavy atom. The van der Waals surface area contributed by atoms with Gasteiger partial charge in [0, 0.05) is 23.9 Å². The van der Waals surface area contributed by atoms with Crippen molar-refractivity contribution in [2.24, 2.45) is 10.3 Å². The molecule has 0 unspecified atom stereocenters. The Labute approximate surface area is 95.2 Å². The second-order valence-electron chi connectivity index (χ2n) is 3.92. The van der Waals surface area contributed by atoms with Crippen molar-refractivity contribution in [3.05, 3.63) is 35.4 Å². The van der Waals surface area contributed by atoms with Crippen LogP contribution in [-0.4, -0.2) is 23.6 Å². The van der Waals surface area contributed by atoms with Crippen LogP contribution in [0.4, 0.5) is 0 Å². The number of oxime groups is 1.